The quantitative estimate of drug-likeness (QED) is 0.751. The van der Waals surface area contributed by atoms with Gasteiger partial charge in [0, 0.05) is 24.9 Å². The van der Waals surface area contributed by atoms with Gasteiger partial charge in [-0.3, -0.25) is 4.79 Å². The zero-order valence-corrected chi connectivity index (χ0v) is 15.9. The summed E-state index contributed by atoms with van der Waals surface area (Å²) in [6.07, 6.45) is 5.59. The minimum atomic E-state index is -3.49. The molecule has 0 fully saturated rings. The van der Waals surface area contributed by atoms with Crippen molar-refractivity contribution in [2.75, 3.05) is 11.6 Å². The number of anilines is 1. The van der Waals surface area contributed by atoms with Crippen LogP contribution in [0.15, 0.2) is 47.4 Å². The number of carbonyl (C=O) groups excluding carboxylic acids is 1. The standard InChI is InChI=1S/C20H21N3O3S/c1-27(25,26)18-8-5-4-7-15(18)20(24)21-14-10-11-17-16(13-14)22-19-9-3-2-6-12-23(17)19/h4-5,7-8,10-11,13H,2-3,6,9,12H2,1H3,(H,21,24). The van der Waals surface area contributed by atoms with E-state index in [9.17, 15) is 13.2 Å². The van der Waals surface area contributed by atoms with Crippen LogP contribution in [0.2, 0.25) is 0 Å². The first-order valence-corrected chi connectivity index (χ1v) is 10.9. The summed E-state index contributed by atoms with van der Waals surface area (Å²) < 4.78 is 26.1. The smallest absolute Gasteiger partial charge is 0.256 e. The average Bonchev–Trinajstić information content (AvgIpc) is 2.81. The number of rotatable bonds is 3. The van der Waals surface area contributed by atoms with E-state index in [0.717, 1.165) is 48.9 Å². The molecule has 0 radical (unpaired) electrons. The average molecular weight is 383 g/mol. The largest absolute Gasteiger partial charge is 0.328 e. The summed E-state index contributed by atoms with van der Waals surface area (Å²) in [6, 6.07) is 11.9. The van der Waals surface area contributed by atoms with Crippen LogP contribution in [-0.2, 0) is 22.8 Å². The topological polar surface area (TPSA) is 81.1 Å². The molecule has 1 amide bonds. The summed E-state index contributed by atoms with van der Waals surface area (Å²) >= 11 is 0. The minimum Gasteiger partial charge on any atom is -0.328 e. The van der Waals surface area contributed by atoms with Gasteiger partial charge < -0.3 is 9.88 Å². The van der Waals surface area contributed by atoms with E-state index in [1.807, 2.05) is 18.2 Å². The molecule has 140 valence electrons. The van der Waals surface area contributed by atoms with Crippen molar-refractivity contribution >= 4 is 32.5 Å². The molecule has 1 aliphatic heterocycles. The SMILES string of the molecule is CS(=O)(=O)c1ccccc1C(=O)Nc1ccc2c(c1)nc1n2CCCCC1. The van der Waals surface area contributed by atoms with E-state index < -0.39 is 15.7 Å². The first-order chi connectivity index (χ1) is 12.9. The molecule has 1 aliphatic rings. The molecular weight excluding hydrogens is 362 g/mol. The summed E-state index contributed by atoms with van der Waals surface area (Å²) in [4.78, 5) is 17.4. The van der Waals surface area contributed by atoms with Gasteiger partial charge >= 0.3 is 0 Å². The lowest BCUT2D eigenvalue weighted by molar-refractivity contribution is 0.102. The van der Waals surface area contributed by atoms with Gasteiger partial charge in [0.05, 0.1) is 21.5 Å². The molecule has 0 aliphatic carbocycles. The van der Waals surface area contributed by atoms with Gasteiger partial charge in [0.15, 0.2) is 9.84 Å². The van der Waals surface area contributed by atoms with E-state index in [2.05, 4.69) is 9.88 Å². The van der Waals surface area contributed by atoms with E-state index >= 15 is 0 Å². The molecule has 0 saturated carbocycles. The Morgan fingerprint density at radius 1 is 1.11 bits per heavy atom. The van der Waals surface area contributed by atoms with Gasteiger partial charge in [-0.1, -0.05) is 18.6 Å². The Hall–Kier alpha value is -2.67. The van der Waals surface area contributed by atoms with Crippen molar-refractivity contribution < 1.29 is 13.2 Å². The molecule has 0 bridgehead atoms. The Bertz CT molecular complexity index is 1130. The fraction of sp³-hybridized carbons (Fsp3) is 0.300. The first-order valence-electron chi connectivity index (χ1n) is 9.03. The molecule has 1 N–H and O–H groups in total. The maximum absolute atomic E-state index is 12.7. The van der Waals surface area contributed by atoms with Crippen molar-refractivity contribution in [3.8, 4) is 0 Å². The van der Waals surface area contributed by atoms with Crippen molar-refractivity contribution in [2.24, 2.45) is 0 Å². The lowest BCUT2D eigenvalue weighted by atomic mass is 10.2. The van der Waals surface area contributed by atoms with Gasteiger partial charge in [-0.05, 0) is 43.2 Å². The van der Waals surface area contributed by atoms with Crippen molar-refractivity contribution in [3.63, 3.8) is 0 Å². The Morgan fingerprint density at radius 2 is 1.93 bits per heavy atom. The highest BCUT2D eigenvalue weighted by atomic mass is 32.2. The monoisotopic (exact) mass is 383 g/mol. The fourth-order valence-electron chi connectivity index (χ4n) is 3.60. The molecular formula is C20H21N3O3S. The summed E-state index contributed by atoms with van der Waals surface area (Å²) in [7, 11) is -3.49. The molecule has 7 heteroatoms. The lowest BCUT2D eigenvalue weighted by Gasteiger charge is -2.09. The Morgan fingerprint density at radius 3 is 2.74 bits per heavy atom. The van der Waals surface area contributed by atoms with Gasteiger partial charge in [-0.15, -0.1) is 0 Å². The van der Waals surface area contributed by atoms with Gasteiger partial charge in [0.25, 0.3) is 5.91 Å². The summed E-state index contributed by atoms with van der Waals surface area (Å²) in [5, 5.41) is 2.80. The normalized spacial score (nSPS) is 14.6. The van der Waals surface area contributed by atoms with E-state index in [-0.39, 0.29) is 10.5 Å². The van der Waals surface area contributed by atoms with Crippen LogP contribution in [0.3, 0.4) is 0 Å². The summed E-state index contributed by atoms with van der Waals surface area (Å²) in [5.41, 5.74) is 2.66. The van der Waals surface area contributed by atoms with Crippen molar-refractivity contribution in [1.82, 2.24) is 9.55 Å². The second-order valence-corrected chi connectivity index (χ2v) is 8.90. The molecule has 0 spiro atoms. The van der Waals surface area contributed by atoms with E-state index in [4.69, 9.17) is 4.98 Å². The molecule has 0 unspecified atom stereocenters. The van der Waals surface area contributed by atoms with Crippen LogP contribution < -0.4 is 5.32 Å². The van der Waals surface area contributed by atoms with Gasteiger partial charge in [0.1, 0.15) is 5.82 Å². The van der Waals surface area contributed by atoms with Gasteiger partial charge in [-0.2, -0.15) is 0 Å². The fourth-order valence-corrected chi connectivity index (χ4v) is 4.49. The molecule has 27 heavy (non-hydrogen) atoms. The Kier molecular flexibility index (Phi) is 4.47. The molecule has 2 aromatic carbocycles. The minimum absolute atomic E-state index is 0.0253. The molecule has 1 aromatic heterocycles. The highest BCUT2D eigenvalue weighted by Crippen LogP contribution is 2.25. The van der Waals surface area contributed by atoms with Gasteiger partial charge in [0.2, 0.25) is 0 Å². The first kappa shape index (κ1) is 17.7. The number of imidazole rings is 1. The number of hydrogen-bond donors (Lipinski definition) is 1. The molecule has 0 saturated heterocycles. The maximum Gasteiger partial charge on any atom is 0.256 e. The van der Waals surface area contributed by atoms with Crippen LogP contribution in [0.1, 0.15) is 35.4 Å². The van der Waals surface area contributed by atoms with Crippen LogP contribution in [0.25, 0.3) is 11.0 Å². The highest BCUT2D eigenvalue weighted by molar-refractivity contribution is 7.90. The Labute approximate surface area is 158 Å². The second-order valence-electron chi connectivity index (χ2n) is 6.92. The van der Waals surface area contributed by atoms with Crippen LogP contribution in [0, 0.1) is 0 Å². The zero-order valence-electron chi connectivity index (χ0n) is 15.1. The number of fused-ring (bicyclic) bond motifs is 3. The van der Waals surface area contributed by atoms with Crippen LogP contribution in [-0.4, -0.2) is 30.1 Å². The summed E-state index contributed by atoms with van der Waals surface area (Å²) in [5.74, 6) is 0.643. The third-order valence-corrected chi connectivity index (χ3v) is 6.05. The number of amides is 1. The highest BCUT2D eigenvalue weighted by Gasteiger charge is 2.19. The van der Waals surface area contributed by atoms with E-state index in [0.29, 0.717) is 5.69 Å². The number of aryl methyl sites for hydroxylation is 2. The van der Waals surface area contributed by atoms with Crippen molar-refractivity contribution in [2.45, 2.75) is 37.1 Å². The Balaban J connectivity index is 1.66. The van der Waals surface area contributed by atoms with E-state index in [1.165, 1.54) is 18.6 Å². The number of sulfone groups is 1. The molecule has 0 atom stereocenters. The second kappa shape index (κ2) is 6.81. The number of nitrogens with one attached hydrogen (secondary N) is 1. The molecule has 2 heterocycles. The third kappa shape index (κ3) is 3.47. The lowest BCUT2D eigenvalue weighted by Crippen LogP contribution is -2.16. The molecule has 3 aromatic rings. The van der Waals surface area contributed by atoms with Gasteiger partial charge in [-0.25, -0.2) is 13.4 Å². The molecule has 6 nitrogen and oxygen atoms in total. The van der Waals surface area contributed by atoms with Crippen molar-refractivity contribution in [1.29, 1.82) is 0 Å². The predicted octanol–water partition coefficient (Wildman–Crippen LogP) is 3.42. The third-order valence-electron chi connectivity index (χ3n) is 4.90. The van der Waals surface area contributed by atoms with E-state index in [1.54, 1.807) is 12.1 Å². The van der Waals surface area contributed by atoms with Crippen LogP contribution in [0.4, 0.5) is 5.69 Å². The number of aromatic nitrogens is 2. The number of hydrogen-bond acceptors (Lipinski definition) is 4. The maximum atomic E-state index is 12.7. The summed E-state index contributed by atoms with van der Waals surface area (Å²) in [6.45, 7) is 0.972. The predicted molar refractivity (Wildman–Crippen MR) is 105 cm³/mol. The number of carbonyl (C=O) groups is 1. The molecule has 4 rings (SSSR count). The number of nitrogens with zero attached hydrogens (tertiary/aromatic N) is 2. The van der Waals surface area contributed by atoms with Crippen LogP contribution in [0.5, 0.6) is 0 Å². The zero-order chi connectivity index (χ0) is 19.0. The van der Waals surface area contributed by atoms with Crippen molar-refractivity contribution in [3.05, 3.63) is 53.9 Å². The van der Waals surface area contributed by atoms with Crippen LogP contribution >= 0.6 is 0 Å². The number of benzene rings is 2.